The smallest absolute Gasteiger partial charge is 0.335 e. The number of hydrogen-bond acceptors (Lipinski definition) is 9. The van der Waals surface area contributed by atoms with Crippen LogP contribution in [0.2, 0.25) is 0 Å². The summed E-state index contributed by atoms with van der Waals surface area (Å²) < 4.78 is 16.0. The molecule has 164 valence electrons. The fourth-order valence-electron chi connectivity index (χ4n) is 2.91. The summed E-state index contributed by atoms with van der Waals surface area (Å²) in [5.74, 6) is -1.17. The molecule has 2 rings (SSSR count). The maximum Gasteiger partial charge on any atom is 0.335 e. The van der Waals surface area contributed by atoms with Crippen molar-refractivity contribution in [3.05, 3.63) is 23.8 Å². The molecular formula is C19H30N2O8. The van der Waals surface area contributed by atoms with Crippen molar-refractivity contribution in [3.63, 3.8) is 0 Å². The molecule has 0 radical (unpaired) electrons. The highest BCUT2D eigenvalue weighted by atomic mass is 16.7. The molecule has 0 aliphatic carbocycles. The fourth-order valence-corrected chi connectivity index (χ4v) is 2.91. The number of hydrogen-bond donors (Lipinski definition) is 6. The first kappa shape index (κ1) is 23.3. The van der Waals surface area contributed by atoms with Gasteiger partial charge in [0, 0.05) is 26.2 Å². The average molecular weight is 414 g/mol. The second-order valence-electron chi connectivity index (χ2n) is 7.15. The maximum absolute atomic E-state index is 11.3. The third-order valence-corrected chi connectivity index (χ3v) is 4.40. The van der Waals surface area contributed by atoms with Gasteiger partial charge in [-0.15, -0.1) is 0 Å². The monoisotopic (exact) mass is 414 g/mol. The number of benzene rings is 1. The highest BCUT2D eigenvalue weighted by Gasteiger charge is 2.48. The zero-order chi connectivity index (χ0) is 21.6. The zero-order valence-electron chi connectivity index (χ0n) is 16.7. The number of methoxy groups -OCH3 is 1. The number of ether oxygens (including phenoxy) is 3. The number of aliphatic carboxylic acids is 1. The molecule has 0 amide bonds. The number of aliphatic hydroxyl groups is 3. The largest absolute Gasteiger partial charge is 0.479 e. The lowest BCUT2D eigenvalue weighted by Crippen LogP contribution is -2.61. The Labute approximate surface area is 169 Å². The number of anilines is 1. The Hall–Kier alpha value is -1.95. The molecule has 5 atom stereocenters. The first-order valence-electron chi connectivity index (χ1n) is 9.42. The molecule has 10 heteroatoms. The lowest BCUT2D eigenvalue weighted by Gasteiger charge is -2.38. The molecule has 1 aromatic carbocycles. The first-order valence-corrected chi connectivity index (χ1v) is 9.42. The van der Waals surface area contributed by atoms with E-state index in [1.807, 2.05) is 19.9 Å². The summed E-state index contributed by atoms with van der Waals surface area (Å²) >= 11 is 0. The van der Waals surface area contributed by atoms with E-state index in [1.165, 1.54) is 0 Å². The molecule has 1 aliphatic heterocycles. The minimum absolute atomic E-state index is 0.297. The van der Waals surface area contributed by atoms with Crippen LogP contribution in [-0.4, -0.2) is 83.3 Å². The zero-order valence-corrected chi connectivity index (χ0v) is 16.7. The number of nitrogens with one attached hydrogen (secondary N) is 2. The molecule has 29 heavy (non-hydrogen) atoms. The van der Waals surface area contributed by atoms with E-state index >= 15 is 0 Å². The summed E-state index contributed by atoms with van der Waals surface area (Å²) in [4.78, 5) is 11.3. The van der Waals surface area contributed by atoms with Gasteiger partial charge in [-0.05, 0) is 17.7 Å². The van der Waals surface area contributed by atoms with E-state index in [0.717, 1.165) is 5.56 Å². The van der Waals surface area contributed by atoms with E-state index in [2.05, 4.69) is 10.6 Å². The predicted molar refractivity (Wildman–Crippen MR) is 104 cm³/mol. The van der Waals surface area contributed by atoms with Gasteiger partial charge in [-0.3, -0.25) is 0 Å². The summed E-state index contributed by atoms with van der Waals surface area (Å²) in [5, 5.41) is 45.6. The van der Waals surface area contributed by atoms with Gasteiger partial charge < -0.3 is 45.3 Å². The standard InChI is InChI=1S/C19H30N2O8/c1-10(2)20-6-7-21-12-8-11(9-27-3)4-5-13(12)28-19-16(24)14(22)15(23)17(29-19)18(25)26/h4-5,8,10,14-17,19-24H,6-7,9H2,1-3H3,(H,25,26). The lowest BCUT2D eigenvalue weighted by molar-refractivity contribution is -0.271. The fraction of sp³-hybridized carbons (Fsp3) is 0.632. The highest BCUT2D eigenvalue weighted by Crippen LogP contribution is 2.30. The SMILES string of the molecule is COCc1ccc(OC2OC(C(=O)O)C(O)C(O)C2O)c(NCCNC(C)C)c1. The van der Waals surface area contributed by atoms with Crippen LogP contribution in [0.15, 0.2) is 18.2 Å². The van der Waals surface area contributed by atoms with Gasteiger partial charge in [0.1, 0.15) is 24.1 Å². The first-order chi connectivity index (χ1) is 13.7. The van der Waals surface area contributed by atoms with Gasteiger partial charge in [0.15, 0.2) is 6.10 Å². The molecule has 0 saturated carbocycles. The van der Waals surface area contributed by atoms with E-state index in [-0.39, 0.29) is 0 Å². The van der Waals surface area contributed by atoms with Crippen LogP contribution in [0.3, 0.4) is 0 Å². The third kappa shape index (κ3) is 6.26. The minimum atomic E-state index is -1.77. The number of aliphatic hydroxyl groups excluding tert-OH is 3. The van der Waals surface area contributed by atoms with Crippen LogP contribution in [0.4, 0.5) is 5.69 Å². The molecule has 1 fully saturated rings. The molecule has 10 nitrogen and oxygen atoms in total. The van der Waals surface area contributed by atoms with Crippen LogP contribution in [0.25, 0.3) is 0 Å². The van der Waals surface area contributed by atoms with Crippen molar-refractivity contribution in [2.45, 2.75) is 57.2 Å². The Morgan fingerprint density at radius 1 is 1.17 bits per heavy atom. The van der Waals surface area contributed by atoms with Crippen molar-refractivity contribution in [1.29, 1.82) is 0 Å². The molecule has 1 aromatic rings. The van der Waals surface area contributed by atoms with Crippen molar-refractivity contribution < 1.29 is 39.4 Å². The molecule has 0 aromatic heterocycles. The number of carboxylic acid groups (broad SMARTS) is 1. The second-order valence-corrected chi connectivity index (χ2v) is 7.15. The van der Waals surface area contributed by atoms with Gasteiger partial charge in [-0.1, -0.05) is 19.9 Å². The van der Waals surface area contributed by atoms with Crippen LogP contribution in [-0.2, 0) is 20.9 Å². The van der Waals surface area contributed by atoms with Crippen LogP contribution in [0, 0.1) is 0 Å². The van der Waals surface area contributed by atoms with Crippen molar-refractivity contribution in [2.24, 2.45) is 0 Å². The van der Waals surface area contributed by atoms with Gasteiger partial charge in [-0.25, -0.2) is 4.79 Å². The normalized spacial score (nSPS) is 27.1. The van der Waals surface area contributed by atoms with E-state index in [4.69, 9.17) is 19.3 Å². The summed E-state index contributed by atoms with van der Waals surface area (Å²) in [6, 6.07) is 5.53. The number of carbonyl (C=O) groups is 1. The molecule has 5 unspecified atom stereocenters. The van der Waals surface area contributed by atoms with Gasteiger partial charge >= 0.3 is 5.97 Å². The molecule has 0 bridgehead atoms. The Kier molecular flexibility index (Phi) is 8.62. The van der Waals surface area contributed by atoms with Gasteiger partial charge in [-0.2, -0.15) is 0 Å². The van der Waals surface area contributed by atoms with Crippen LogP contribution in [0.1, 0.15) is 19.4 Å². The third-order valence-electron chi connectivity index (χ3n) is 4.40. The van der Waals surface area contributed by atoms with Gasteiger partial charge in [0.2, 0.25) is 6.29 Å². The van der Waals surface area contributed by atoms with Crippen molar-refractivity contribution in [3.8, 4) is 5.75 Å². The predicted octanol–water partition coefficient (Wildman–Crippen LogP) is -0.486. The molecule has 1 heterocycles. The van der Waals surface area contributed by atoms with E-state index in [0.29, 0.717) is 37.2 Å². The Bertz CT molecular complexity index is 672. The Balaban J connectivity index is 2.17. The molecular weight excluding hydrogens is 384 g/mol. The van der Waals surface area contributed by atoms with Crippen LogP contribution in [0.5, 0.6) is 5.75 Å². The average Bonchev–Trinajstić information content (AvgIpc) is 2.67. The van der Waals surface area contributed by atoms with Gasteiger partial charge in [0.05, 0.1) is 12.3 Å². The maximum atomic E-state index is 11.3. The molecule has 6 N–H and O–H groups in total. The molecule has 0 spiro atoms. The number of carboxylic acids is 1. The Morgan fingerprint density at radius 2 is 1.90 bits per heavy atom. The van der Waals surface area contributed by atoms with Crippen molar-refractivity contribution in [2.75, 3.05) is 25.5 Å². The molecule has 1 saturated heterocycles. The van der Waals surface area contributed by atoms with E-state index in [1.54, 1.807) is 19.2 Å². The van der Waals surface area contributed by atoms with Crippen LogP contribution < -0.4 is 15.4 Å². The van der Waals surface area contributed by atoms with E-state index < -0.39 is 36.7 Å². The summed E-state index contributed by atoms with van der Waals surface area (Å²) in [5.41, 5.74) is 1.47. The van der Waals surface area contributed by atoms with Crippen molar-refractivity contribution >= 4 is 11.7 Å². The summed E-state index contributed by atoms with van der Waals surface area (Å²) in [6.45, 7) is 5.73. The Morgan fingerprint density at radius 3 is 2.52 bits per heavy atom. The lowest BCUT2D eigenvalue weighted by atomic mass is 9.99. The molecule has 1 aliphatic rings. The van der Waals surface area contributed by atoms with Crippen molar-refractivity contribution in [1.82, 2.24) is 5.32 Å². The van der Waals surface area contributed by atoms with E-state index in [9.17, 15) is 20.1 Å². The summed E-state index contributed by atoms with van der Waals surface area (Å²) in [7, 11) is 1.58. The minimum Gasteiger partial charge on any atom is -0.479 e. The quantitative estimate of drug-likeness (QED) is 0.277. The van der Waals surface area contributed by atoms with Gasteiger partial charge in [0.25, 0.3) is 0 Å². The summed E-state index contributed by atoms with van der Waals surface area (Å²) in [6.07, 6.45) is -8.33. The second kappa shape index (κ2) is 10.7. The van der Waals surface area contributed by atoms with Crippen LogP contribution >= 0.6 is 0 Å². The topological polar surface area (TPSA) is 150 Å². The highest BCUT2D eigenvalue weighted by molar-refractivity contribution is 5.73. The number of rotatable bonds is 10.